The molecule has 126 valence electrons. The third-order valence-electron chi connectivity index (χ3n) is 5.71. The Morgan fingerprint density at radius 3 is 1.73 bits per heavy atom. The first-order valence-corrected chi connectivity index (χ1v) is 7.24. The van der Waals surface area contributed by atoms with E-state index in [1.807, 2.05) is 0 Å². The summed E-state index contributed by atoms with van der Waals surface area (Å²) in [6.07, 6.45) is -11.4. The second-order valence-corrected chi connectivity index (χ2v) is 7.53. The molecule has 22 heavy (non-hydrogen) atoms. The van der Waals surface area contributed by atoms with Crippen LogP contribution in [0.1, 0.15) is 45.4 Å². The highest BCUT2D eigenvalue weighted by molar-refractivity contribution is 5.74. The number of rotatable bonds is 1. The lowest BCUT2D eigenvalue weighted by Gasteiger charge is -2.66. The van der Waals surface area contributed by atoms with Crippen molar-refractivity contribution in [2.75, 3.05) is 0 Å². The minimum atomic E-state index is -4.69. The summed E-state index contributed by atoms with van der Waals surface area (Å²) in [5.74, 6) is -1.22. The molecule has 2 atom stereocenters. The van der Waals surface area contributed by atoms with Gasteiger partial charge in [-0.05, 0) is 44.4 Å². The number of nitrogens with one attached hydrogen (secondary N) is 1. The molecule has 0 aromatic heterocycles. The summed E-state index contributed by atoms with van der Waals surface area (Å²) in [7, 11) is 0. The van der Waals surface area contributed by atoms with E-state index < -0.39 is 59.8 Å². The molecule has 4 aliphatic carbocycles. The molecular weight excluding hydrogens is 312 g/mol. The zero-order valence-electron chi connectivity index (χ0n) is 12.0. The molecule has 2 nitrogen and oxygen atoms in total. The van der Waals surface area contributed by atoms with Gasteiger partial charge in [-0.25, -0.2) is 0 Å². The summed E-state index contributed by atoms with van der Waals surface area (Å²) in [5, 5.41) is 2.44. The topological polar surface area (TPSA) is 29.1 Å². The summed E-state index contributed by atoms with van der Waals surface area (Å²) in [6, 6.07) is 0. The summed E-state index contributed by atoms with van der Waals surface area (Å²) >= 11 is 0. The molecular formula is C14H17F6NO. The van der Waals surface area contributed by atoms with Crippen molar-refractivity contribution in [3.8, 4) is 0 Å². The molecule has 1 N–H and O–H groups in total. The Labute approximate surface area is 123 Å². The van der Waals surface area contributed by atoms with Gasteiger partial charge in [0, 0.05) is 12.5 Å². The van der Waals surface area contributed by atoms with Crippen molar-refractivity contribution in [3.05, 3.63) is 0 Å². The molecule has 4 rings (SSSR count). The lowest BCUT2D eigenvalue weighted by Crippen LogP contribution is -2.71. The van der Waals surface area contributed by atoms with E-state index in [2.05, 4.69) is 5.32 Å². The van der Waals surface area contributed by atoms with Gasteiger partial charge in [-0.3, -0.25) is 4.79 Å². The van der Waals surface area contributed by atoms with Crippen molar-refractivity contribution in [2.45, 2.75) is 63.3 Å². The fourth-order valence-corrected chi connectivity index (χ4v) is 5.58. The van der Waals surface area contributed by atoms with E-state index in [4.69, 9.17) is 0 Å². The van der Waals surface area contributed by atoms with E-state index in [9.17, 15) is 31.1 Å². The number of carbonyl (C=O) groups excluding carboxylic acids is 1. The van der Waals surface area contributed by atoms with Gasteiger partial charge in [-0.2, -0.15) is 26.3 Å². The van der Waals surface area contributed by atoms with Crippen LogP contribution >= 0.6 is 0 Å². The van der Waals surface area contributed by atoms with E-state index in [0.29, 0.717) is 0 Å². The van der Waals surface area contributed by atoms with Crippen LogP contribution in [-0.2, 0) is 4.79 Å². The van der Waals surface area contributed by atoms with Gasteiger partial charge >= 0.3 is 12.4 Å². The Morgan fingerprint density at radius 1 is 0.909 bits per heavy atom. The second kappa shape index (κ2) is 4.12. The number of alkyl halides is 6. The van der Waals surface area contributed by atoms with Crippen molar-refractivity contribution < 1.29 is 31.1 Å². The second-order valence-electron chi connectivity index (χ2n) is 7.53. The summed E-state index contributed by atoms with van der Waals surface area (Å²) in [4.78, 5) is 11.4. The fourth-order valence-electron chi connectivity index (χ4n) is 5.58. The maximum atomic E-state index is 13.6. The molecule has 4 fully saturated rings. The lowest BCUT2D eigenvalue weighted by molar-refractivity contribution is -0.342. The average Bonchev–Trinajstić information content (AvgIpc) is 2.21. The van der Waals surface area contributed by atoms with Gasteiger partial charge in [0.25, 0.3) is 0 Å². The first kappa shape index (κ1) is 15.9. The Bertz CT molecular complexity index is 480. The number of amides is 1. The SMILES string of the molecule is CC(=O)NC12CC3CC(C(F)(F)F)(C1)CC(C(F)(F)F)(C3)C2. The highest BCUT2D eigenvalue weighted by Crippen LogP contribution is 2.73. The molecule has 0 heterocycles. The third kappa shape index (κ3) is 2.05. The Morgan fingerprint density at radius 2 is 1.36 bits per heavy atom. The molecule has 0 aromatic carbocycles. The van der Waals surface area contributed by atoms with E-state index in [0.717, 1.165) is 6.92 Å². The van der Waals surface area contributed by atoms with Crippen LogP contribution < -0.4 is 5.32 Å². The number of halogens is 6. The maximum absolute atomic E-state index is 13.6. The van der Waals surface area contributed by atoms with Crippen LogP contribution in [0.2, 0.25) is 0 Å². The van der Waals surface area contributed by atoms with Crippen LogP contribution in [0.5, 0.6) is 0 Å². The van der Waals surface area contributed by atoms with E-state index >= 15 is 0 Å². The Balaban J connectivity index is 2.10. The third-order valence-corrected chi connectivity index (χ3v) is 5.71. The first-order valence-electron chi connectivity index (χ1n) is 7.24. The smallest absolute Gasteiger partial charge is 0.351 e. The number of hydrogen-bond donors (Lipinski definition) is 1. The van der Waals surface area contributed by atoms with E-state index in [1.165, 1.54) is 0 Å². The van der Waals surface area contributed by atoms with Crippen LogP contribution in [0, 0.1) is 16.7 Å². The summed E-state index contributed by atoms with van der Waals surface area (Å²) < 4.78 is 81.5. The van der Waals surface area contributed by atoms with Gasteiger partial charge in [0.15, 0.2) is 0 Å². The van der Waals surface area contributed by atoms with Crippen LogP contribution in [0.4, 0.5) is 26.3 Å². The Hall–Kier alpha value is -0.950. The predicted octanol–water partition coefficient (Wildman–Crippen LogP) is 3.96. The minimum Gasteiger partial charge on any atom is -0.351 e. The van der Waals surface area contributed by atoms with Crippen LogP contribution in [-0.4, -0.2) is 23.8 Å². The van der Waals surface area contributed by atoms with Crippen molar-refractivity contribution in [2.24, 2.45) is 16.7 Å². The summed E-state index contributed by atoms with van der Waals surface area (Å²) in [5.41, 5.74) is -6.04. The predicted molar refractivity (Wildman–Crippen MR) is 64.7 cm³/mol. The van der Waals surface area contributed by atoms with Gasteiger partial charge in [0.2, 0.25) is 5.91 Å². The molecule has 1 amide bonds. The van der Waals surface area contributed by atoms with Crippen molar-refractivity contribution in [1.82, 2.24) is 5.32 Å². The average molecular weight is 329 g/mol. The molecule has 4 saturated carbocycles. The lowest BCUT2D eigenvalue weighted by atomic mass is 9.41. The molecule has 0 aliphatic heterocycles. The van der Waals surface area contributed by atoms with Crippen molar-refractivity contribution in [3.63, 3.8) is 0 Å². The zero-order valence-corrected chi connectivity index (χ0v) is 12.0. The largest absolute Gasteiger partial charge is 0.394 e. The highest BCUT2D eigenvalue weighted by atomic mass is 19.4. The number of carbonyl (C=O) groups is 1. The molecule has 0 spiro atoms. The quantitative estimate of drug-likeness (QED) is 0.725. The highest BCUT2D eigenvalue weighted by Gasteiger charge is 2.76. The van der Waals surface area contributed by atoms with Gasteiger partial charge in [-0.15, -0.1) is 0 Å². The molecule has 0 aromatic rings. The maximum Gasteiger partial charge on any atom is 0.394 e. The molecule has 2 unspecified atom stereocenters. The van der Waals surface area contributed by atoms with Gasteiger partial charge < -0.3 is 5.32 Å². The first-order chi connectivity index (χ1) is 9.82. The zero-order chi connectivity index (χ0) is 16.6. The van der Waals surface area contributed by atoms with E-state index in [1.54, 1.807) is 0 Å². The molecule has 8 heteroatoms. The molecule has 0 radical (unpaired) electrons. The molecule has 4 aliphatic rings. The fraction of sp³-hybridized carbons (Fsp3) is 0.929. The van der Waals surface area contributed by atoms with Crippen LogP contribution in [0.25, 0.3) is 0 Å². The normalized spacial score (nSPS) is 44.2. The van der Waals surface area contributed by atoms with Crippen LogP contribution in [0.15, 0.2) is 0 Å². The monoisotopic (exact) mass is 329 g/mol. The van der Waals surface area contributed by atoms with Crippen LogP contribution in [0.3, 0.4) is 0 Å². The van der Waals surface area contributed by atoms with Crippen molar-refractivity contribution in [1.29, 1.82) is 0 Å². The molecule has 4 bridgehead atoms. The number of hydrogen-bond acceptors (Lipinski definition) is 1. The van der Waals surface area contributed by atoms with Gasteiger partial charge in [-0.1, -0.05) is 0 Å². The standard InChI is InChI=1S/C14H17F6NO/c1-8(22)21-12-4-9-2-10(6-12,13(15,16)17)5-11(3-9,7-12)14(18,19)20/h9H,2-7H2,1H3,(H,21,22). The van der Waals surface area contributed by atoms with Gasteiger partial charge in [0.1, 0.15) is 0 Å². The minimum absolute atomic E-state index is 0.211. The van der Waals surface area contributed by atoms with E-state index in [-0.39, 0.29) is 19.3 Å². The Kier molecular flexibility index (Phi) is 2.98. The van der Waals surface area contributed by atoms with Gasteiger partial charge in [0.05, 0.1) is 10.8 Å². The van der Waals surface area contributed by atoms with Crippen molar-refractivity contribution >= 4 is 5.91 Å². The molecule has 0 saturated heterocycles. The summed E-state index contributed by atoms with van der Waals surface area (Å²) in [6.45, 7) is 1.14.